The van der Waals surface area contributed by atoms with Gasteiger partial charge in [0, 0.05) is 25.1 Å². The van der Waals surface area contributed by atoms with E-state index >= 15 is 0 Å². The standard InChI is InChI=1S/C24H31N3O6S/c1-15(2)23(24(29)25-16(3)18-7-5-8-19(13-18)26-17(4)28)27-34(30,31)20-9-10-21-22(14-20)33-12-6-11-32-21/h5,7-10,13-16,23,27H,6,11-12H2,1-4H3,(H,25,29)(H,26,28). The summed E-state index contributed by atoms with van der Waals surface area (Å²) >= 11 is 0. The molecule has 0 spiro atoms. The highest BCUT2D eigenvalue weighted by molar-refractivity contribution is 7.89. The summed E-state index contributed by atoms with van der Waals surface area (Å²) in [5.74, 6) is -0.111. The van der Waals surface area contributed by atoms with Crippen LogP contribution in [0.4, 0.5) is 5.69 Å². The highest BCUT2D eigenvalue weighted by atomic mass is 32.2. The SMILES string of the molecule is CC(=O)Nc1cccc(C(C)NC(=O)C(NS(=O)(=O)c2ccc3c(c2)OCCCO3)C(C)C)c1. The summed E-state index contributed by atoms with van der Waals surface area (Å²) in [6, 6.07) is 10.1. The molecule has 2 atom stereocenters. The van der Waals surface area contributed by atoms with Gasteiger partial charge in [-0.15, -0.1) is 0 Å². The minimum Gasteiger partial charge on any atom is -0.490 e. The molecule has 0 radical (unpaired) electrons. The number of carbonyl (C=O) groups is 2. The molecular weight excluding hydrogens is 458 g/mol. The fourth-order valence-electron chi connectivity index (χ4n) is 3.51. The lowest BCUT2D eigenvalue weighted by Crippen LogP contribution is -2.50. The molecule has 2 unspecified atom stereocenters. The van der Waals surface area contributed by atoms with Gasteiger partial charge in [-0.25, -0.2) is 8.42 Å². The van der Waals surface area contributed by atoms with Crippen LogP contribution in [0.25, 0.3) is 0 Å². The van der Waals surface area contributed by atoms with Gasteiger partial charge >= 0.3 is 0 Å². The normalized spacial score (nSPS) is 15.2. The van der Waals surface area contributed by atoms with Crippen LogP contribution in [-0.2, 0) is 19.6 Å². The number of anilines is 1. The van der Waals surface area contributed by atoms with E-state index < -0.39 is 28.0 Å². The summed E-state index contributed by atoms with van der Waals surface area (Å²) < 4.78 is 39.9. The molecule has 0 aromatic heterocycles. The number of ether oxygens (including phenoxy) is 2. The maximum Gasteiger partial charge on any atom is 0.241 e. The maximum absolute atomic E-state index is 13.1. The molecule has 3 N–H and O–H groups in total. The van der Waals surface area contributed by atoms with Crippen molar-refractivity contribution >= 4 is 27.5 Å². The van der Waals surface area contributed by atoms with E-state index in [0.717, 1.165) is 5.56 Å². The number of rotatable bonds is 8. The van der Waals surface area contributed by atoms with Gasteiger partial charge in [-0.3, -0.25) is 9.59 Å². The number of carbonyl (C=O) groups excluding carboxylic acids is 2. The Labute approximate surface area is 200 Å². The summed E-state index contributed by atoms with van der Waals surface area (Å²) in [6.07, 6.45) is 0.705. The van der Waals surface area contributed by atoms with Crippen molar-refractivity contribution in [1.82, 2.24) is 10.0 Å². The van der Waals surface area contributed by atoms with Crippen LogP contribution >= 0.6 is 0 Å². The average molecular weight is 490 g/mol. The highest BCUT2D eigenvalue weighted by Crippen LogP contribution is 2.32. The van der Waals surface area contributed by atoms with Crippen molar-refractivity contribution in [3.05, 3.63) is 48.0 Å². The quantitative estimate of drug-likeness (QED) is 0.524. The summed E-state index contributed by atoms with van der Waals surface area (Å²) in [5.41, 5.74) is 1.38. The van der Waals surface area contributed by atoms with Gasteiger partial charge in [-0.2, -0.15) is 4.72 Å². The van der Waals surface area contributed by atoms with Crippen LogP contribution in [-0.4, -0.2) is 39.5 Å². The van der Waals surface area contributed by atoms with E-state index in [0.29, 0.717) is 36.8 Å². The first-order valence-electron chi connectivity index (χ1n) is 11.2. The van der Waals surface area contributed by atoms with Crippen LogP contribution < -0.4 is 24.8 Å². The second kappa shape index (κ2) is 10.9. The minimum atomic E-state index is -4.01. The van der Waals surface area contributed by atoms with Crippen molar-refractivity contribution in [3.8, 4) is 11.5 Å². The van der Waals surface area contributed by atoms with Crippen molar-refractivity contribution in [2.45, 2.75) is 51.1 Å². The van der Waals surface area contributed by atoms with Gasteiger partial charge in [0.25, 0.3) is 0 Å². The Morgan fingerprint density at radius 3 is 2.35 bits per heavy atom. The van der Waals surface area contributed by atoms with E-state index in [4.69, 9.17) is 9.47 Å². The summed E-state index contributed by atoms with van der Waals surface area (Å²) in [7, 11) is -4.01. The molecule has 0 saturated heterocycles. The highest BCUT2D eigenvalue weighted by Gasteiger charge is 2.30. The van der Waals surface area contributed by atoms with E-state index in [9.17, 15) is 18.0 Å². The Morgan fingerprint density at radius 2 is 1.68 bits per heavy atom. The van der Waals surface area contributed by atoms with Crippen LogP contribution in [0.15, 0.2) is 47.4 Å². The van der Waals surface area contributed by atoms with E-state index in [1.165, 1.54) is 19.1 Å². The Morgan fingerprint density at radius 1 is 0.971 bits per heavy atom. The van der Waals surface area contributed by atoms with E-state index in [2.05, 4.69) is 15.4 Å². The van der Waals surface area contributed by atoms with Gasteiger partial charge < -0.3 is 20.1 Å². The second-order valence-electron chi connectivity index (χ2n) is 8.54. The molecule has 9 nitrogen and oxygen atoms in total. The molecule has 1 aliphatic rings. The van der Waals surface area contributed by atoms with Crippen molar-refractivity contribution < 1.29 is 27.5 Å². The lowest BCUT2D eigenvalue weighted by molar-refractivity contribution is -0.124. The van der Waals surface area contributed by atoms with Gasteiger partial charge in [0.1, 0.15) is 6.04 Å². The van der Waals surface area contributed by atoms with Crippen LogP contribution in [0.1, 0.15) is 45.7 Å². The zero-order valence-electron chi connectivity index (χ0n) is 19.8. The average Bonchev–Trinajstić information content (AvgIpc) is 3.02. The molecular formula is C24H31N3O6S. The molecule has 1 aliphatic heterocycles. The lowest BCUT2D eigenvalue weighted by atomic mass is 10.0. The van der Waals surface area contributed by atoms with Crippen LogP contribution in [0.3, 0.4) is 0 Å². The number of benzene rings is 2. The van der Waals surface area contributed by atoms with Gasteiger partial charge in [-0.05, 0) is 42.7 Å². The fraction of sp³-hybridized carbons (Fsp3) is 0.417. The van der Waals surface area contributed by atoms with Gasteiger partial charge in [0.2, 0.25) is 21.8 Å². The molecule has 184 valence electrons. The summed E-state index contributed by atoms with van der Waals surface area (Å²) in [4.78, 5) is 24.4. The predicted molar refractivity (Wildman–Crippen MR) is 128 cm³/mol. The van der Waals surface area contributed by atoms with Crippen molar-refractivity contribution in [2.24, 2.45) is 5.92 Å². The predicted octanol–water partition coefficient (Wildman–Crippen LogP) is 2.99. The Bertz CT molecular complexity index is 1150. The summed E-state index contributed by atoms with van der Waals surface area (Å²) in [6.45, 7) is 7.67. The molecule has 0 saturated carbocycles. The van der Waals surface area contributed by atoms with Gasteiger partial charge in [-0.1, -0.05) is 26.0 Å². The van der Waals surface area contributed by atoms with Crippen molar-refractivity contribution in [1.29, 1.82) is 0 Å². The number of amides is 2. The van der Waals surface area contributed by atoms with E-state index in [1.807, 2.05) is 6.07 Å². The van der Waals surface area contributed by atoms with Gasteiger partial charge in [0.05, 0.1) is 24.2 Å². The first-order valence-corrected chi connectivity index (χ1v) is 12.6. The Hall–Kier alpha value is -3.11. The largest absolute Gasteiger partial charge is 0.490 e. The van der Waals surface area contributed by atoms with Gasteiger partial charge in [0.15, 0.2) is 11.5 Å². The number of hydrogen-bond acceptors (Lipinski definition) is 6. The fourth-order valence-corrected chi connectivity index (χ4v) is 4.87. The van der Waals surface area contributed by atoms with Crippen LogP contribution in [0.2, 0.25) is 0 Å². The third-order valence-corrected chi connectivity index (χ3v) is 6.77. The summed E-state index contributed by atoms with van der Waals surface area (Å²) in [5, 5.41) is 5.57. The molecule has 34 heavy (non-hydrogen) atoms. The van der Waals surface area contributed by atoms with Crippen LogP contribution in [0.5, 0.6) is 11.5 Å². The van der Waals surface area contributed by atoms with E-state index in [-0.39, 0.29) is 16.7 Å². The third-order valence-electron chi connectivity index (χ3n) is 5.33. The Balaban J connectivity index is 1.75. The number of fused-ring (bicyclic) bond motifs is 1. The molecule has 0 aliphatic carbocycles. The first-order chi connectivity index (χ1) is 16.1. The smallest absolute Gasteiger partial charge is 0.241 e. The third kappa shape index (κ3) is 6.48. The lowest BCUT2D eigenvalue weighted by Gasteiger charge is -2.24. The monoisotopic (exact) mass is 489 g/mol. The molecule has 0 bridgehead atoms. The Kier molecular flexibility index (Phi) is 8.16. The van der Waals surface area contributed by atoms with E-state index in [1.54, 1.807) is 45.0 Å². The topological polar surface area (TPSA) is 123 Å². The zero-order valence-corrected chi connectivity index (χ0v) is 20.6. The number of hydrogen-bond donors (Lipinski definition) is 3. The van der Waals surface area contributed by atoms with Crippen LogP contribution in [0, 0.1) is 5.92 Å². The molecule has 10 heteroatoms. The van der Waals surface area contributed by atoms with Crippen molar-refractivity contribution in [2.75, 3.05) is 18.5 Å². The molecule has 1 heterocycles. The number of nitrogens with one attached hydrogen (secondary N) is 3. The van der Waals surface area contributed by atoms with Crippen molar-refractivity contribution in [3.63, 3.8) is 0 Å². The minimum absolute atomic E-state index is 0.00810. The molecule has 3 rings (SSSR count). The maximum atomic E-state index is 13.1. The molecule has 2 aromatic rings. The molecule has 2 amide bonds. The second-order valence-corrected chi connectivity index (χ2v) is 10.3. The number of sulfonamides is 1. The zero-order chi connectivity index (χ0) is 24.9. The molecule has 2 aromatic carbocycles. The first kappa shape index (κ1) is 25.5. The molecule has 0 fully saturated rings.